The standard InChI is InChI=1S/C23H20N8O/c32-21(31-11-1-2-12-31)15-26-23-25-10-8-20(29-23)22-24-9-7-18(28-22)5-3-16-4-6-19-17(13-16)14-27-30-19/h4,6-10,13-14H,1-2,11-12,15H2,(H,27,30)(H,25,26,29). The van der Waals surface area contributed by atoms with Crippen LogP contribution in [0.1, 0.15) is 24.1 Å². The summed E-state index contributed by atoms with van der Waals surface area (Å²) in [4.78, 5) is 31.6. The van der Waals surface area contributed by atoms with Crippen LogP contribution in [-0.2, 0) is 4.79 Å². The summed E-state index contributed by atoms with van der Waals surface area (Å²) in [6, 6.07) is 9.33. The third-order valence-electron chi connectivity index (χ3n) is 5.17. The summed E-state index contributed by atoms with van der Waals surface area (Å²) >= 11 is 0. The number of carbonyl (C=O) groups is 1. The van der Waals surface area contributed by atoms with Gasteiger partial charge in [-0.15, -0.1) is 0 Å². The van der Waals surface area contributed by atoms with Crippen LogP contribution in [0.3, 0.4) is 0 Å². The van der Waals surface area contributed by atoms with E-state index in [0.717, 1.165) is 42.4 Å². The zero-order valence-corrected chi connectivity index (χ0v) is 17.2. The molecule has 0 radical (unpaired) electrons. The first-order valence-electron chi connectivity index (χ1n) is 10.4. The summed E-state index contributed by atoms with van der Waals surface area (Å²) in [5.74, 6) is 7.06. The zero-order chi connectivity index (χ0) is 21.8. The van der Waals surface area contributed by atoms with Gasteiger partial charge in [0.1, 0.15) is 11.4 Å². The minimum absolute atomic E-state index is 0.0543. The van der Waals surface area contributed by atoms with Crippen molar-refractivity contribution in [3.63, 3.8) is 0 Å². The van der Waals surface area contributed by atoms with Gasteiger partial charge in [0.2, 0.25) is 11.9 Å². The number of carbonyl (C=O) groups excluding carboxylic acids is 1. The Labute approximate surface area is 184 Å². The van der Waals surface area contributed by atoms with E-state index < -0.39 is 0 Å². The van der Waals surface area contributed by atoms with E-state index in [1.54, 1.807) is 30.7 Å². The largest absolute Gasteiger partial charge is 0.345 e. The van der Waals surface area contributed by atoms with Crippen LogP contribution in [-0.4, -0.2) is 60.6 Å². The van der Waals surface area contributed by atoms with Crippen LogP contribution in [0, 0.1) is 11.8 Å². The highest BCUT2D eigenvalue weighted by atomic mass is 16.2. The minimum atomic E-state index is 0.0543. The van der Waals surface area contributed by atoms with Crippen molar-refractivity contribution in [3.05, 3.63) is 60.2 Å². The van der Waals surface area contributed by atoms with Crippen molar-refractivity contribution >= 4 is 22.8 Å². The zero-order valence-electron chi connectivity index (χ0n) is 17.2. The Hall–Kier alpha value is -4.32. The maximum atomic E-state index is 12.2. The number of H-pyrrole nitrogens is 1. The molecule has 4 aromatic rings. The predicted molar refractivity (Wildman–Crippen MR) is 119 cm³/mol. The highest BCUT2D eigenvalue weighted by molar-refractivity contribution is 5.80. The molecule has 2 N–H and O–H groups in total. The van der Waals surface area contributed by atoms with Gasteiger partial charge in [0.05, 0.1) is 18.3 Å². The molecule has 9 heteroatoms. The summed E-state index contributed by atoms with van der Waals surface area (Å²) in [7, 11) is 0. The molecule has 9 nitrogen and oxygen atoms in total. The van der Waals surface area contributed by atoms with Gasteiger partial charge in [-0.2, -0.15) is 5.10 Å². The summed E-state index contributed by atoms with van der Waals surface area (Å²) in [5, 5.41) is 11.0. The van der Waals surface area contributed by atoms with Crippen molar-refractivity contribution in [3.8, 4) is 23.4 Å². The van der Waals surface area contributed by atoms with Crippen LogP contribution in [0.15, 0.2) is 48.9 Å². The number of hydrogen-bond donors (Lipinski definition) is 2. The third-order valence-corrected chi connectivity index (χ3v) is 5.17. The smallest absolute Gasteiger partial charge is 0.241 e. The minimum Gasteiger partial charge on any atom is -0.345 e. The van der Waals surface area contributed by atoms with Gasteiger partial charge < -0.3 is 10.2 Å². The van der Waals surface area contributed by atoms with Crippen molar-refractivity contribution in [2.24, 2.45) is 0 Å². The lowest BCUT2D eigenvalue weighted by atomic mass is 10.1. The molecule has 32 heavy (non-hydrogen) atoms. The number of hydrogen-bond acceptors (Lipinski definition) is 7. The maximum absolute atomic E-state index is 12.2. The first kappa shape index (κ1) is 19.6. The fourth-order valence-electron chi connectivity index (χ4n) is 3.51. The Morgan fingerprint density at radius 2 is 1.94 bits per heavy atom. The van der Waals surface area contributed by atoms with Crippen LogP contribution in [0.5, 0.6) is 0 Å². The lowest BCUT2D eigenvalue weighted by Crippen LogP contribution is -2.33. The van der Waals surface area contributed by atoms with Gasteiger partial charge in [-0.1, -0.05) is 5.92 Å². The normalized spacial score (nSPS) is 13.1. The van der Waals surface area contributed by atoms with Crippen LogP contribution >= 0.6 is 0 Å². The van der Waals surface area contributed by atoms with E-state index in [4.69, 9.17) is 0 Å². The average Bonchev–Trinajstić information content (AvgIpc) is 3.54. The van der Waals surface area contributed by atoms with Crippen molar-refractivity contribution < 1.29 is 4.79 Å². The molecule has 0 spiro atoms. The molecule has 0 aliphatic carbocycles. The third kappa shape index (κ3) is 4.39. The molecule has 1 amide bonds. The van der Waals surface area contributed by atoms with Crippen LogP contribution < -0.4 is 5.32 Å². The summed E-state index contributed by atoms with van der Waals surface area (Å²) in [6.07, 6.45) is 7.16. The van der Waals surface area contributed by atoms with Gasteiger partial charge in [0, 0.05) is 36.4 Å². The van der Waals surface area contributed by atoms with Crippen LogP contribution in [0.25, 0.3) is 22.4 Å². The monoisotopic (exact) mass is 424 g/mol. The Bertz CT molecular complexity index is 1330. The number of amides is 1. The molecule has 0 bridgehead atoms. The van der Waals surface area contributed by atoms with Crippen LogP contribution in [0.2, 0.25) is 0 Å². The van der Waals surface area contributed by atoms with Crippen molar-refractivity contribution in [2.45, 2.75) is 12.8 Å². The highest BCUT2D eigenvalue weighted by Gasteiger charge is 2.17. The van der Waals surface area contributed by atoms with E-state index >= 15 is 0 Å². The lowest BCUT2D eigenvalue weighted by Gasteiger charge is -2.15. The molecule has 0 saturated carbocycles. The van der Waals surface area contributed by atoms with E-state index in [-0.39, 0.29) is 12.5 Å². The van der Waals surface area contributed by atoms with Crippen molar-refractivity contribution in [1.82, 2.24) is 35.0 Å². The number of nitrogens with one attached hydrogen (secondary N) is 2. The quantitative estimate of drug-likeness (QED) is 0.483. The van der Waals surface area contributed by atoms with Crippen LogP contribution in [0.4, 0.5) is 5.95 Å². The molecule has 158 valence electrons. The molecular formula is C23H20N8O. The van der Waals surface area contributed by atoms with E-state index in [1.165, 1.54) is 0 Å². The molecular weight excluding hydrogens is 404 g/mol. The van der Waals surface area contributed by atoms with E-state index in [2.05, 4.69) is 47.3 Å². The topological polar surface area (TPSA) is 113 Å². The summed E-state index contributed by atoms with van der Waals surface area (Å²) in [6.45, 7) is 1.80. The molecule has 0 unspecified atom stereocenters. The molecule has 4 heterocycles. The molecule has 1 aliphatic heterocycles. The van der Waals surface area contributed by atoms with E-state index in [1.807, 2.05) is 23.1 Å². The molecule has 1 fully saturated rings. The summed E-state index contributed by atoms with van der Waals surface area (Å²) in [5.41, 5.74) is 2.98. The number of nitrogens with zero attached hydrogens (tertiary/aromatic N) is 6. The Morgan fingerprint density at radius 3 is 2.84 bits per heavy atom. The fraction of sp³-hybridized carbons (Fsp3) is 0.217. The fourth-order valence-corrected chi connectivity index (χ4v) is 3.51. The lowest BCUT2D eigenvalue weighted by molar-refractivity contribution is -0.128. The maximum Gasteiger partial charge on any atom is 0.241 e. The second-order valence-electron chi connectivity index (χ2n) is 7.39. The van der Waals surface area contributed by atoms with Gasteiger partial charge in [-0.3, -0.25) is 9.89 Å². The van der Waals surface area contributed by atoms with Crippen molar-refractivity contribution in [2.75, 3.05) is 25.0 Å². The second kappa shape index (κ2) is 8.81. The molecule has 3 aromatic heterocycles. The molecule has 1 saturated heterocycles. The first-order valence-corrected chi connectivity index (χ1v) is 10.4. The van der Waals surface area contributed by atoms with Gasteiger partial charge in [0.25, 0.3) is 0 Å². The van der Waals surface area contributed by atoms with Gasteiger partial charge >= 0.3 is 0 Å². The van der Waals surface area contributed by atoms with Gasteiger partial charge in [-0.25, -0.2) is 19.9 Å². The number of fused-ring (bicyclic) bond motifs is 1. The second-order valence-corrected chi connectivity index (χ2v) is 7.39. The highest BCUT2D eigenvalue weighted by Crippen LogP contribution is 2.14. The van der Waals surface area contributed by atoms with Gasteiger partial charge in [-0.05, 0) is 49.1 Å². The van der Waals surface area contributed by atoms with Gasteiger partial charge in [0.15, 0.2) is 5.82 Å². The number of rotatable bonds is 4. The molecule has 1 aliphatic rings. The number of likely N-dealkylation sites (tertiary alicyclic amines) is 1. The summed E-state index contributed by atoms with van der Waals surface area (Å²) < 4.78 is 0. The molecule has 0 atom stereocenters. The predicted octanol–water partition coefficient (Wildman–Crippen LogP) is 2.24. The molecule has 1 aromatic carbocycles. The SMILES string of the molecule is O=C(CNc1nccc(-c2nccc(C#Cc3ccc4[nH]ncc4c3)n2)n1)N1CCCC1. The molecule has 5 rings (SSSR count). The van der Waals surface area contributed by atoms with E-state index in [0.29, 0.717) is 23.2 Å². The van der Waals surface area contributed by atoms with E-state index in [9.17, 15) is 4.79 Å². The average molecular weight is 424 g/mol. The number of anilines is 1. The number of benzene rings is 1. The number of aromatic nitrogens is 6. The number of aromatic amines is 1. The Kier molecular flexibility index (Phi) is 5.41. The Balaban J connectivity index is 1.31. The first-order chi connectivity index (χ1) is 15.7. The Morgan fingerprint density at radius 1 is 1.06 bits per heavy atom. The van der Waals surface area contributed by atoms with Crippen molar-refractivity contribution in [1.29, 1.82) is 0 Å².